The van der Waals surface area contributed by atoms with Crippen molar-refractivity contribution >= 4 is 5.91 Å². The average Bonchev–Trinajstić information content (AvgIpc) is 3.35. The van der Waals surface area contributed by atoms with Crippen molar-refractivity contribution in [2.45, 2.75) is 51.2 Å². The van der Waals surface area contributed by atoms with E-state index in [0.29, 0.717) is 30.3 Å². The number of amides is 1. The number of carbonyl (C=O) groups is 1. The van der Waals surface area contributed by atoms with Gasteiger partial charge < -0.3 is 13.8 Å². The molecule has 2 atom stereocenters. The zero-order chi connectivity index (χ0) is 16.5. The Hall–Kier alpha value is -2.15. The quantitative estimate of drug-likeness (QED) is 0.856. The van der Waals surface area contributed by atoms with Crippen molar-refractivity contribution in [1.82, 2.24) is 19.9 Å². The lowest BCUT2D eigenvalue weighted by Gasteiger charge is -2.33. The molecule has 2 saturated heterocycles. The van der Waals surface area contributed by atoms with Crippen LogP contribution in [-0.2, 0) is 11.3 Å². The van der Waals surface area contributed by atoms with E-state index in [1.165, 1.54) is 0 Å². The molecule has 0 bridgehead atoms. The van der Waals surface area contributed by atoms with Gasteiger partial charge in [-0.2, -0.15) is 4.98 Å². The van der Waals surface area contributed by atoms with Gasteiger partial charge in [0.2, 0.25) is 17.6 Å². The number of carbonyl (C=O) groups excluding carboxylic acids is 1. The number of hydrogen-bond donors (Lipinski definition) is 0. The molecule has 2 aliphatic heterocycles. The highest BCUT2D eigenvalue weighted by molar-refractivity contribution is 5.74. The van der Waals surface area contributed by atoms with Crippen LogP contribution in [0, 0.1) is 0 Å². The standard InChI is InChI=1S/C17H22N4O3/c1-12(22)21-8-3-5-15(21)14-4-2-7-20(14)10-16-18-17(19-24-16)13-6-9-23-11-13/h6,9,11,14-15H,2-5,7-8,10H2,1H3/t14-,15-/m1/s1. The molecular weight excluding hydrogens is 308 g/mol. The van der Waals surface area contributed by atoms with Gasteiger partial charge >= 0.3 is 0 Å². The Labute approximate surface area is 140 Å². The lowest BCUT2D eigenvalue weighted by molar-refractivity contribution is -0.130. The second kappa shape index (κ2) is 6.39. The summed E-state index contributed by atoms with van der Waals surface area (Å²) in [5, 5.41) is 4.03. The first-order valence-electron chi connectivity index (χ1n) is 8.59. The highest BCUT2D eigenvalue weighted by Crippen LogP contribution is 2.31. The number of aromatic nitrogens is 2. The van der Waals surface area contributed by atoms with Crippen LogP contribution in [0.1, 0.15) is 38.5 Å². The summed E-state index contributed by atoms with van der Waals surface area (Å²) in [5.74, 6) is 1.36. The molecule has 0 radical (unpaired) electrons. The number of rotatable bonds is 4. The summed E-state index contributed by atoms with van der Waals surface area (Å²) in [6, 6.07) is 2.53. The fourth-order valence-corrected chi connectivity index (χ4v) is 4.07. The number of furan rings is 1. The molecular formula is C17H22N4O3. The molecule has 7 heteroatoms. The predicted molar refractivity (Wildman–Crippen MR) is 85.8 cm³/mol. The second-order valence-corrected chi connectivity index (χ2v) is 6.63. The summed E-state index contributed by atoms with van der Waals surface area (Å²) >= 11 is 0. The van der Waals surface area contributed by atoms with Crippen LogP contribution in [0.3, 0.4) is 0 Å². The molecule has 24 heavy (non-hydrogen) atoms. The molecule has 0 aromatic carbocycles. The Morgan fingerprint density at radius 1 is 1.29 bits per heavy atom. The van der Waals surface area contributed by atoms with Crippen molar-refractivity contribution < 1.29 is 13.7 Å². The maximum absolute atomic E-state index is 11.9. The zero-order valence-electron chi connectivity index (χ0n) is 13.9. The molecule has 0 unspecified atom stereocenters. The Kier molecular flexibility index (Phi) is 4.10. The van der Waals surface area contributed by atoms with Crippen LogP contribution in [-0.4, -0.2) is 51.0 Å². The minimum atomic E-state index is 0.185. The molecule has 7 nitrogen and oxygen atoms in total. The van der Waals surface area contributed by atoms with Crippen molar-refractivity contribution in [3.05, 3.63) is 24.5 Å². The van der Waals surface area contributed by atoms with Crippen molar-refractivity contribution in [3.8, 4) is 11.4 Å². The van der Waals surface area contributed by atoms with E-state index in [1.807, 2.05) is 11.0 Å². The minimum Gasteiger partial charge on any atom is -0.472 e. The van der Waals surface area contributed by atoms with E-state index >= 15 is 0 Å². The van der Waals surface area contributed by atoms with Gasteiger partial charge in [0.05, 0.1) is 18.4 Å². The molecule has 0 N–H and O–H groups in total. The Balaban J connectivity index is 1.47. The van der Waals surface area contributed by atoms with Gasteiger partial charge in [-0.05, 0) is 38.3 Å². The van der Waals surface area contributed by atoms with Gasteiger partial charge in [-0.3, -0.25) is 9.69 Å². The largest absolute Gasteiger partial charge is 0.472 e. The Morgan fingerprint density at radius 3 is 2.92 bits per heavy atom. The van der Waals surface area contributed by atoms with Crippen LogP contribution >= 0.6 is 0 Å². The first kappa shape index (κ1) is 15.4. The molecule has 0 aliphatic carbocycles. The molecule has 128 valence electrons. The highest BCUT2D eigenvalue weighted by atomic mass is 16.5. The Morgan fingerprint density at radius 2 is 2.12 bits per heavy atom. The molecule has 1 amide bonds. The van der Waals surface area contributed by atoms with E-state index < -0.39 is 0 Å². The summed E-state index contributed by atoms with van der Waals surface area (Å²) in [6.45, 7) is 4.20. The van der Waals surface area contributed by atoms with Gasteiger partial charge in [0.15, 0.2) is 0 Å². The number of likely N-dealkylation sites (tertiary alicyclic amines) is 2. The lowest BCUT2D eigenvalue weighted by atomic mass is 10.0. The van der Waals surface area contributed by atoms with Crippen LogP contribution in [0.5, 0.6) is 0 Å². The van der Waals surface area contributed by atoms with E-state index in [1.54, 1.807) is 19.5 Å². The van der Waals surface area contributed by atoms with Crippen LogP contribution in [0.4, 0.5) is 0 Å². The molecule has 4 rings (SSSR count). The molecule has 4 heterocycles. The van der Waals surface area contributed by atoms with Crippen LogP contribution in [0.25, 0.3) is 11.4 Å². The molecule has 0 saturated carbocycles. The fraction of sp³-hybridized carbons (Fsp3) is 0.588. The van der Waals surface area contributed by atoms with Gasteiger partial charge in [-0.1, -0.05) is 5.16 Å². The van der Waals surface area contributed by atoms with Gasteiger partial charge in [0.25, 0.3) is 0 Å². The SMILES string of the molecule is CC(=O)N1CCC[C@@H]1[C@H]1CCCN1Cc1nc(-c2ccoc2)no1. The predicted octanol–water partition coefficient (Wildman–Crippen LogP) is 2.30. The fourth-order valence-electron chi connectivity index (χ4n) is 4.07. The first-order valence-corrected chi connectivity index (χ1v) is 8.59. The van der Waals surface area contributed by atoms with Crippen molar-refractivity contribution in [1.29, 1.82) is 0 Å². The van der Waals surface area contributed by atoms with E-state index in [4.69, 9.17) is 8.94 Å². The van der Waals surface area contributed by atoms with Crippen molar-refractivity contribution in [3.63, 3.8) is 0 Å². The normalized spacial score (nSPS) is 24.8. The monoisotopic (exact) mass is 330 g/mol. The molecule has 2 aliphatic rings. The minimum absolute atomic E-state index is 0.185. The summed E-state index contributed by atoms with van der Waals surface area (Å²) < 4.78 is 10.5. The van der Waals surface area contributed by atoms with Gasteiger partial charge in [-0.25, -0.2) is 0 Å². The van der Waals surface area contributed by atoms with Crippen molar-refractivity contribution in [2.75, 3.05) is 13.1 Å². The zero-order valence-corrected chi connectivity index (χ0v) is 13.9. The van der Waals surface area contributed by atoms with Crippen LogP contribution in [0.2, 0.25) is 0 Å². The topological polar surface area (TPSA) is 75.6 Å². The van der Waals surface area contributed by atoms with E-state index in [9.17, 15) is 4.79 Å². The summed E-state index contributed by atoms with van der Waals surface area (Å²) in [4.78, 5) is 20.8. The Bertz CT molecular complexity index is 697. The highest BCUT2D eigenvalue weighted by Gasteiger charge is 2.39. The molecule has 2 aromatic rings. The average molecular weight is 330 g/mol. The van der Waals surface area contributed by atoms with Gasteiger partial charge in [0.1, 0.15) is 6.26 Å². The number of nitrogens with zero attached hydrogens (tertiary/aromatic N) is 4. The van der Waals surface area contributed by atoms with E-state index in [-0.39, 0.29) is 5.91 Å². The van der Waals surface area contributed by atoms with E-state index in [0.717, 1.165) is 44.3 Å². The number of hydrogen-bond acceptors (Lipinski definition) is 6. The smallest absolute Gasteiger partial charge is 0.241 e. The van der Waals surface area contributed by atoms with Crippen LogP contribution < -0.4 is 0 Å². The van der Waals surface area contributed by atoms with Gasteiger partial charge in [0, 0.05) is 25.6 Å². The maximum atomic E-state index is 11.9. The second-order valence-electron chi connectivity index (χ2n) is 6.63. The van der Waals surface area contributed by atoms with Crippen LogP contribution in [0.15, 0.2) is 27.5 Å². The summed E-state index contributed by atoms with van der Waals surface area (Å²) in [7, 11) is 0. The van der Waals surface area contributed by atoms with Crippen molar-refractivity contribution in [2.24, 2.45) is 0 Å². The molecule has 2 aromatic heterocycles. The van der Waals surface area contributed by atoms with Gasteiger partial charge in [-0.15, -0.1) is 0 Å². The third-order valence-electron chi connectivity index (χ3n) is 5.15. The lowest BCUT2D eigenvalue weighted by Crippen LogP contribution is -2.47. The first-order chi connectivity index (χ1) is 11.7. The molecule has 2 fully saturated rings. The van der Waals surface area contributed by atoms with E-state index in [2.05, 4.69) is 15.0 Å². The maximum Gasteiger partial charge on any atom is 0.241 e. The third-order valence-corrected chi connectivity index (χ3v) is 5.15. The summed E-state index contributed by atoms with van der Waals surface area (Å²) in [6.07, 6.45) is 7.66. The molecule has 0 spiro atoms. The third kappa shape index (κ3) is 2.84. The summed E-state index contributed by atoms with van der Waals surface area (Å²) in [5.41, 5.74) is 0.821.